The molecule has 162 valence electrons. The second-order valence-corrected chi connectivity index (χ2v) is 8.35. The van der Waals surface area contributed by atoms with E-state index in [0.717, 1.165) is 16.7 Å². The minimum absolute atomic E-state index is 0.0227. The normalized spacial score (nSPS) is 21.4. The van der Waals surface area contributed by atoms with Gasteiger partial charge in [-0.1, -0.05) is 54.1 Å². The Morgan fingerprint density at radius 3 is 2.61 bits per heavy atom. The van der Waals surface area contributed by atoms with Gasteiger partial charge in [0, 0.05) is 32.5 Å². The Kier molecular flexibility index (Phi) is 6.07. The summed E-state index contributed by atoms with van der Waals surface area (Å²) in [7, 11) is 0. The van der Waals surface area contributed by atoms with E-state index >= 15 is 0 Å². The number of benzene rings is 2. The molecular weight excluding hydrogens is 390 g/mol. The number of carbonyl (C=O) groups excluding carboxylic acids is 3. The van der Waals surface area contributed by atoms with Crippen molar-refractivity contribution in [3.63, 3.8) is 0 Å². The van der Waals surface area contributed by atoms with Gasteiger partial charge in [-0.15, -0.1) is 0 Å². The molecule has 2 saturated heterocycles. The first-order valence-corrected chi connectivity index (χ1v) is 11.0. The number of hydrogen-bond donors (Lipinski definition) is 1. The largest absolute Gasteiger partial charge is 0.344 e. The highest BCUT2D eigenvalue weighted by Gasteiger charge is 2.41. The van der Waals surface area contributed by atoms with Gasteiger partial charge in [0.2, 0.25) is 17.7 Å². The number of rotatable bonds is 5. The molecule has 2 fully saturated rings. The molecule has 2 aliphatic heterocycles. The van der Waals surface area contributed by atoms with Gasteiger partial charge in [-0.25, -0.2) is 0 Å². The lowest BCUT2D eigenvalue weighted by atomic mass is 9.92. The number of aryl methyl sites for hydroxylation is 1. The van der Waals surface area contributed by atoms with Crippen LogP contribution >= 0.6 is 0 Å². The lowest BCUT2D eigenvalue weighted by molar-refractivity contribution is -0.152. The fourth-order valence-corrected chi connectivity index (χ4v) is 4.61. The maximum absolute atomic E-state index is 13.3. The molecule has 31 heavy (non-hydrogen) atoms. The first-order valence-electron chi connectivity index (χ1n) is 11.0. The van der Waals surface area contributed by atoms with Crippen LogP contribution in [0.4, 0.5) is 0 Å². The highest BCUT2D eigenvalue weighted by Crippen LogP contribution is 2.28. The molecule has 0 aromatic heterocycles. The average molecular weight is 420 g/mol. The van der Waals surface area contributed by atoms with Crippen LogP contribution in [0.3, 0.4) is 0 Å². The molecule has 2 aromatic rings. The number of nitrogens with zero attached hydrogens (tertiary/aromatic N) is 2. The van der Waals surface area contributed by atoms with Crippen molar-refractivity contribution in [1.82, 2.24) is 15.1 Å². The van der Waals surface area contributed by atoms with Crippen molar-refractivity contribution < 1.29 is 14.4 Å². The predicted octanol–water partition coefficient (Wildman–Crippen LogP) is 2.54. The van der Waals surface area contributed by atoms with Crippen molar-refractivity contribution in [2.24, 2.45) is 0 Å². The van der Waals surface area contributed by atoms with Gasteiger partial charge < -0.3 is 15.1 Å². The highest BCUT2D eigenvalue weighted by molar-refractivity contribution is 5.95. The molecule has 2 aliphatic rings. The van der Waals surface area contributed by atoms with E-state index in [1.807, 2.05) is 36.1 Å². The molecule has 6 heteroatoms. The third-order valence-electron chi connectivity index (χ3n) is 6.30. The van der Waals surface area contributed by atoms with Gasteiger partial charge in [0.15, 0.2) is 0 Å². The van der Waals surface area contributed by atoms with E-state index in [1.165, 1.54) is 5.56 Å². The van der Waals surface area contributed by atoms with Gasteiger partial charge in [-0.05, 0) is 37.0 Å². The van der Waals surface area contributed by atoms with E-state index in [9.17, 15) is 14.4 Å². The van der Waals surface area contributed by atoms with Crippen LogP contribution in [0.5, 0.6) is 0 Å². The predicted molar refractivity (Wildman–Crippen MR) is 119 cm³/mol. The van der Waals surface area contributed by atoms with Crippen molar-refractivity contribution in [3.05, 3.63) is 59.7 Å². The molecule has 0 saturated carbocycles. The quantitative estimate of drug-likeness (QED) is 0.810. The summed E-state index contributed by atoms with van der Waals surface area (Å²) in [4.78, 5) is 41.7. The fourth-order valence-electron chi connectivity index (χ4n) is 4.61. The molecule has 2 heterocycles. The number of nitrogens with one attached hydrogen (secondary N) is 1. The van der Waals surface area contributed by atoms with Gasteiger partial charge in [-0.3, -0.25) is 14.4 Å². The van der Waals surface area contributed by atoms with Crippen molar-refractivity contribution in [2.45, 2.75) is 45.2 Å². The van der Waals surface area contributed by atoms with Crippen molar-refractivity contribution in [3.8, 4) is 11.1 Å². The smallest absolute Gasteiger partial charge is 0.245 e. The maximum atomic E-state index is 13.3. The first kappa shape index (κ1) is 21.1. The Bertz CT molecular complexity index is 1000. The summed E-state index contributed by atoms with van der Waals surface area (Å²) in [6, 6.07) is 15.3. The summed E-state index contributed by atoms with van der Waals surface area (Å²) < 4.78 is 0. The standard InChI is InChI=1S/C25H29N3O3/c1-3-27-13-14-28(24(30)21-11-12-23(29)26-21)22(25(27)31)16-19-8-4-5-10-20(19)18-9-6-7-17(2)15-18/h4-10,15,21-22H,3,11-14,16H2,1-2H3,(H,26,29). The molecule has 3 amide bonds. The third-order valence-corrected chi connectivity index (χ3v) is 6.30. The molecule has 4 rings (SSSR count). The molecule has 2 atom stereocenters. The number of carbonyl (C=O) groups is 3. The lowest BCUT2D eigenvalue weighted by Gasteiger charge is -2.41. The second kappa shape index (κ2) is 8.92. The average Bonchev–Trinajstić information content (AvgIpc) is 3.21. The highest BCUT2D eigenvalue weighted by atomic mass is 16.2. The molecule has 1 N–H and O–H groups in total. The third kappa shape index (κ3) is 4.33. The summed E-state index contributed by atoms with van der Waals surface area (Å²) >= 11 is 0. The summed E-state index contributed by atoms with van der Waals surface area (Å²) in [6.07, 6.45) is 1.30. The number of amides is 3. The molecule has 0 radical (unpaired) electrons. The maximum Gasteiger partial charge on any atom is 0.245 e. The number of likely N-dealkylation sites (N-methyl/N-ethyl adjacent to an activating group) is 1. The molecule has 0 bridgehead atoms. The van der Waals surface area contributed by atoms with E-state index in [4.69, 9.17) is 0 Å². The molecular formula is C25H29N3O3. The van der Waals surface area contributed by atoms with Gasteiger partial charge >= 0.3 is 0 Å². The second-order valence-electron chi connectivity index (χ2n) is 8.35. The summed E-state index contributed by atoms with van der Waals surface area (Å²) in [5.74, 6) is -0.267. The summed E-state index contributed by atoms with van der Waals surface area (Å²) in [5, 5.41) is 2.76. The zero-order valence-electron chi connectivity index (χ0n) is 18.1. The van der Waals surface area contributed by atoms with E-state index in [0.29, 0.717) is 38.9 Å². The van der Waals surface area contributed by atoms with Crippen LogP contribution in [0.15, 0.2) is 48.5 Å². The van der Waals surface area contributed by atoms with Crippen LogP contribution in [-0.2, 0) is 20.8 Å². The van der Waals surface area contributed by atoms with Gasteiger partial charge in [0.05, 0.1) is 0 Å². The van der Waals surface area contributed by atoms with Crippen LogP contribution in [0.1, 0.15) is 30.9 Å². The summed E-state index contributed by atoms with van der Waals surface area (Å²) in [5.41, 5.74) is 4.39. The van der Waals surface area contributed by atoms with E-state index in [1.54, 1.807) is 4.90 Å². The van der Waals surface area contributed by atoms with E-state index < -0.39 is 12.1 Å². The van der Waals surface area contributed by atoms with Crippen molar-refractivity contribution in [2.75, 3.05) is 19.6 Å². The van der Waals surface area contributed by atoms with Gasteiger partial charge in [0.25, 0.3) is 0 Å². The Hall–Kier alpha value is -3.15. The number of hydrogen-bond acceptors (Lipinski definition) is 3. The molecule has 0 spiro atoms. The Morgan fingerprint density at radius 2 is 1.90 bits per heavy atom. The van der Waals surface area contributed by atoms with E-state index in [-0.39, 0.29) is 17.7 Å². The Balaban J connectivity index is 1.66. The van der Waals surface area contributed by atoms with Crippen LogP contribution in [0, 0.1) is 6.92 Å². The molecule has 0 aliphatic carbocycles. The van der Waals surface area contributed by atoms with E-state index in [2.05, 4.69) is 36.5 Å². The van der Waals surface area contributed by atoms with Crippen LogP contribution in [-0.4, -0.2) is 59.2 Å². The molecule has 2 aromatic carbocycles. The zero-order chi connectivity index (χ0) is 22.0. The minimum Gasteiger partial charge on any atom is -0.344 e. The Morgan fingerprint density at radius 1 is 1.10 bits per heavy atom. The zero-order valence-corrected chi connectivity index (χ0v) is 18.1. The summed E-state index contributed by atoms with van der Waals surface area (Å²) in [6.45, 7) is 5.66. The van der Waals surface area contributed by atoms with Gasteiger partial charge in [0.1, 0.15) is 12.1 Å². The lowest BCUT2D eigenvalue weighted by Crippen LogP contribution is -2.62. The van der Waals surface area contributed by atoms with Crippen molar-refractivity contribution >= 4 is 17.7 Å². The van der Waals surface area contributed by atoms with Crippen LogP contribution < -0.4 is 5.32 Å². The van der Waals surface area contributed by atoms with Crippen molar-refractivity contribution in [1.29, 1.82) is 0 Å². The monoisotopic (exact) mass is 419 g/mol. The number of piperazine rings is 1. The minimum atomic E-state index is -0.565. The molecule has 2 unspecified atom stereocenters. The SMILES string of the molecule is CCN1CCN(C(=O)C2CCC(=O)N2)C(Cc2ccccc2-c2cccc(C)c2)C1=O. The fraction of sp³-hybridized carbons (Fsp3) is 0.400. The first-order chi connectivity index (χ1) is 15.0. The topological polar surface area (TPSA) is 69.7 Å². The Labute approximate surface area is 183 Å². The van der Waals surface area contributed by atoms with Crippen LogP contribution in [0.2, 0.25) is 0 Å². The molecule has 6 nitrogen and oxygen atoms in total. The van der Waals surface area contributed by atoms with Gasteiger partial charge in [-0.2, -0.15) is 0 Å². The van der Waals surface area contributed by atoms with Crippen LogP contribution in [0.25, 0.3) is 11.1 Å².